The number of piperidine rings is 1. The number of benzene rings is 1. The second kappa shape index (κ2) is 9.13. The topological polar surface area (TPSA) is 115 Å². The van der Waals surface area contributed by atoms with Gasteiger partial charge in [-0.3, -0.25) is 18.9 Å². The zero-order valence-electron chi connectivity index (χ0n) is 17.2. The molecular weight excluding hydrogens is 396 g/mol. The highest BCUT2D eigenvalue weighted by Gasteiger charge is 2.23. The number of likely N-dealkylation sites (tertiary alicyclic amines) is 1. The van der Waals surface area contributed by atoms with E-state index in [0.29, 0.717) is 18.7 Å². The summed E-state index contributed by atoms with van der Waals surface area (Å²) < 4.78 is 2.56. The van der Waals surface area contributed by atoms with Crippen LogP contribution < -0.4 is 16.7 Å². The van der Waals surface area contributed by atoms with Gasteiger partial charge >= 0.3 is 5.69 Å². The number of carbonyl (C=O) groups is 2. The third-order valence-corrected chi connectivity index (χ3v) is 5.58. The molecular formula is C22H26N6O3. The highest BCUT2D eigenvalue weighted by Crippen LogP contribution is 2.18. The normalized spacial score (nSPS) is 17.0. The number of rotatable bonds is 7. The van der Waals surface area contributed by atoms with Gasteiger partial charge in [-0.05, 0) is 42.6 Å². The molecule has 4 rings (SSSR count). The number of hydrogen-bond acceptors (Lipinski definition) is 5. The Balaban J connectivity index is 1.33. The van der Waals surface area contributed by atoms with Crippen molar-refractivity contribution >= 4 is 17.5 Å². The van der Waals surface area contributed by atoms with Crippen molar-refractivity contribution in [1.29, 1.82) is 0 Å². The third-order valence-electron chi connectivity index (χ3n) is 5.58. The minimum absolute atomic E-state index is 0.0840. The fourth-order valence-electron chi connectivity index (χ4n) is 3.99. The van der Waals surface area contributed by atoms with E-state index in [1.165, 1.54) is 4.40 Å². The van der Waals surface area contributed by atoms with Crippen molar-refractivity contribution < 1.29 is 9.59 Å². The lowest BCUT2D eigenvalue weighted by molar-refractivity contribution is -0.123. The van der Waals surface area contributed by atoms with Crippen LogP contribution in [0, 0.1) is 5.92 Å². The van der Waals surface area contributed by atoms with Crippen molar-refractivity contribution in [3.05, 3.63) is 70.3 Å². The van der Waals surface area contributed by atoms with Crippen LogP contribution in [0.4, 0.5) is 0 Å². The van der Waals surface area contributed by atoms with Gasteiger partial charge in [-0.1, -0.05) is 30.3 Å². The zero-order valence-corrected chi connectivity index (χ0v) is 17.2. The number of primary amides is 1. The van der Waals surface area contributed by atoms with Crippen LogP contribution in [0.2, 0.25) is 0 Å². The first-order valence-corrected chi connectivity index (χ1v) is 10.4. The molecule has 1 aliphatic rings. The van der Waals surface area contributed by atoms with E-state index < -0.39 is 0 Å². The number of nitrogens with one attached hydrogen (secondary N) is 1. The average molecular weight is 422 g/mol. The van der Waals surface area contributed by atoms with Crippen LogP contribution in [0.1, 0.15) is 24.0 Å². The monoisotopic (exact) mass is 422 g/mol. The van der Waals surface area contributed by atoms with Crippen molar-refractivity contribution in [2.24, 2.45) is 11.7 Å². The van der Waals surface area contributed by atoms with Crippen molar-refractivity contribution in [2.75, 3.05) is 13.1 Å². The average Bonchev–Trinajstić information content (AvgIpc) is 3.08. The van der Waals surface area contributed by atoms with Crippen LogP contribution in [-0.4, -0.2) is 44.0 Å². The first-order chi connectivity index (χ1) is 15.0. The summed E-state index contributed by atoms with van der Waals surface area (Å²) in [6, 6.07) is 13.2. The first kappa shape index (κ1) is 20.8. The van der Waals surface area contributed by atoms with Crippen LogP contribution in [-0.2, 0) is 29.2 Å². The summed E-state index contributed by atoms with van der Waals surface area (Å²) in [4.78, 5) is 38.4. The Morgan fingerprint density at radius 3 is 2.81 bits per heavy atom. The summed E-state index contributed by atoms with van der Waals surface area (Å²) in [5.41, 5.74) is 7.72. The van der Waals surface area contributed by atoms with Crippen LogP contribution in [0.3, 0.4) is 0 Å². The molecule has 162 valence electrons. The van der Waals surface area contributed by atoms with Crippen LogP contribution in [0.15, 0.2) is 53.5 Å². The van der Waals surface area contributed by atoms with Gasteiger partial charge in [-0.25, -0.2) is 9.48 Å². The second-order valence-electron chi connectivity index (χ2n) is 7.94. The molecule has 2 amide bonds. The summed E-state index contributed by atoms with van der Waals surface area (Å²) in [7, 11) is 0. The number of amides is 2. The van der Waals surface area contributed by atoms with Crippen molar-refractivity contribution in [2.45, 2.75) is 32.5 Å². The predicted octanol–water partition coefficient (Wildman–Crippen LogP) is 0.510. The third kappa shape index (κ3) is 5.00. The fourth-order valence-corrected chi connectivity index (χ4v) is 3.99. The minimum Gasteiger partial charge on any atom is -0.369 e. The number of nitrogens with zero attached hydrogens (tertiary/aromatic N) is 4. The van der Waals surface area contributed by atoms with E-state index >= 15 is 0 Å². The number of hydrogen-bond donors (Lipinski definition) is 2. The Hall–Kier alpha value is -3.46. The lowest BCUT2D eigenvalue weighted by Gasteiger charge is -2.31. The molecule has 9 nitrogen and oxygen atoms in total. The number of fused-ring (bicyclic) bond motifs is 1. The van der Waals surface area contributed by atoms with Gasteiger partial charge in [0.05, 0.1) is 5.92 Å². The molecule has 0 radical (unpaired) electrons. The summed E-state index contributed by atoms with van der Waals surface area (Å²) in [5.74, 6) is -0.596. The molecule has 1 atom stereocenters. The highest BCUT2D eigenvalue weighted by molar-refractivity contribution is 5.77. The maximum Gasteiger partial charge on any atom is 0.350 e. The molecule has 0 saturated carbocycles. The Kier molecular flexibility index (Phi) is 6.13. The van der Waals surface area contributed by atoms with E-state index in [4.69, 9.17) is 5.73 Å². The van der Waals surface area contributed by atoms with Crippen molar-refractivity contribution in [3.63, 3.8) is 0 Å². The molecule has 0 spiro atoms. The molecule has 9 heteroatoms. The molecule has 0 aliphatic carbocycles. The lowest BCUT2D eigenvalue weighted by Crippen LogP contribution is -2.40. The largest absolute Gasteiger partial charge is 0.369 e. The van der Waals surface area contributed by atoms with Gasteiger partial charge in [0.1, 0.15) is 6.54 Å². The van der Waals surface area contributed by atoms with E-state index in [-0.39, 0.29) is 30.0 Å². The second-order valence-corrected chi connectivity index (χ2v) is 7.94. The lowest BCUT2D eigenvalue weighted by atomic mass is 9.97. The van der Waals surface area contributed by atoms with Crippen molar-refractivity contribution in [1.82, 2.24) is 24.4 Å². The van der Waals surface area contributed by atoms with Gasteiger partial charge in [0, 0.05) is 25.8 Å². The smallest absolute Gasteiger partial charge is 0.350 e. The van der Waals surface area contributed by atoms with Gasteiger partial charge in [0.25, 0.3) is 0 Å². The minimum atomic E-state index is -0.344. The van der Waals surface area contributed by atoms with E-state index in [0.717, 1.165) is 41.7 Å². The molecule has 1 aromatic carbocycles. The number of nitrogens with two attached hydrogens (primary N) is 1. The predicted molar refractivity (Wildman–Crippen MR) is 115 cm³/mol. The standard InChI is InChI=1S/C22H26N6O3/c23-21(30)18-7-4-9-26(14-18)13-17-6-3-5-16(11-17)12-24-20(29)15-28-22(31)27-10-2-1-8-19(27)25-28/h1-3,5-6,8,10-11,18H,4,7,9,12-15H2,(H2,23,30)(H,24,29). The molecule has 1 saturated heterocycles. The quantitative estimate of drug-likeness (QED) is 0.576. The van der Waals surface area contributed by atoms with E-state index in [1.807, 2.05) is 24.3 Å². The van der Waals surface area contributed by atoms with Crippen LogP contribution >= 0.6 is 0 Å². The molecule has 1 fully saturated rings. The maximum absolute atomic E-state index is 12.3. The number of pyridine rings is 1. The molecule has 1 unspecified atom stereocenters. The van der Waals surface area contributed by atoms with E-state index in [9.17, 15) is 14.4 Å². The summed E-state index contributed by atoms with van der Waals surface area (Å²) in [5, 5.41) is 7.02. The Morgan fingerprint density at radius 2 is 2.00 bits per heavy atom. The summed E-state index contributed by atoms with van der Waals surface area (Å²) in [6.07, 6.45) is 3.44. The van der Waals surface area contributed by atoms with Crippen LogP contribution in [0.5, 0.6) is 0 Å². The molecule has 1 aliphatic heterocycles. The van der Waals surface area contributed by atoms with Gasteiger partial charge in [0.15, 0.2) is 5.65 Å². The van der Waals surface area contributed by atoms with Crippen molar-refractivity contribution in [3.8, 4) is 0 Å². The zero-order chi connectivity index (χ0) is 21.8. The van der Waals surface area contributed by atoms with Gasteiger partial charge in [-0.15, -0.1) is 5.10 Å². The molecule has 0 bridgehead atoms. The van der Waals surface area contributed by atoms with Gasteiger partial charge in [-0.2, -0.15) is 0 Å². The van der Waals surface area contributed by atoms with E-state index in [2.05, 4.69) is 15.3 Å². The molecule has 2 aromatic heterocycles. The van der Waals surface area contributed by atoms with Gasteiger partial charge in [0.2, 0.25) is 11.8 Å². The van der Waals surface area contributed by atoms with E-state index in [1.54, 1.807) is 24.4 Å². The Bertz CT molecular complexity index is 1150. The van der Waals surface area contributed by atoms with Gasteiger partial charge < -0.3 is 11.1 Å². The number of carbonyl (C=O) groups excluding carboxylic acids is 2. The molecule has 3 aromatic rings. The Labute approximate surface area is 179 Å². The molecule has 31 heavy (non-hydrogen) atoms. The SMILES string of the molecule is NC(=O)C1CCCN(Cc2cccc(CNC(=O)Cn3nc4ccccn4c3=O)c2)C1. The maximum atomic E-state index is 12.3. The first-order valence-electron chi connectivity index (χ1n) is 10.4. The molecule has 3 heterocycles. The fraction of sp³-hybridized carbons (Fsp3) is 0.364. The summed E-state index contributed by atoms with van der Waals surface area (Å²) >= 11 is 0. The summed E-state index contributed by atoms with van der Waals surface area (Å²) in [6.45, 7) is 2.59. The van der Waals surface area contributed by atoms with Crippen LogP contribution in [0.25, 0.3) is 5.65 Å². The molecule has 3 N–H and O–H groups in total. The number of aromatic nitrogens is 3. The highest BCUT2D eigenvalue weighted by atomic mass is 16.2. The Morgan fingerprint density at radius 1 is 1.16 bits per heavy atom.